The lowest BCUT2D eigenvalue weighted by Crippen LogP contribution is -2.02. The topological polar surface area (TPSA) is 37.0 Å². The lowest BCUT2D eigenvalue weighted by molar-refractivity contribution is 0.414. The number of anilines is 1. The summed E-state index contributed by atoms with van der Waals surface area (Å²) in [6.07, 6.45) is 1.89. The molecule has 5 heteroatoms. The van der Waals surface area contributed by atoms with Gasteiger partial charge < -0.3 is 15.0 Å². The van der Waals surface area contributed by atoms with Gasteiger partial charge in [0.05, 0.1) is 23.8 Å². The number of nitrogens with one attached hydrogen (secondary N) is 2. The molecule has 0 bridgehead atoms. The maximum absolute atomic E-state index is 6.01. The molecular formula is C12H12BrClN2O. The number of hydrogen-bond acceptors (Lipinski definition) is 2. The van der Waals surface area contributed by atoms with Gasteiger partial charge in [-0.25, -0.2) is 0 Å². The second-order valence-corrected chi connectivity index (χ2v) is 4.81. The number of rotatable bonds is 4. The van der Waals surface area contributed by atoms with Gasteiger partial charge in [-0.15, -0.1) is 0 Å². The van der Waals surface area contributed by atoms with Crippen LogP contribution in [0.3, 0.4) is 0 Å². The van der Waals surface area contributed by atoms with Crippen molar-refractivity contribution in [2.45, 2.75) is 6.54 Å². The second kappa shape index (κ2) is 5.47. The number of H-pyrrole nitrogens is 1. The number of methoxy groups -OCH3 is 1. The van der Waals surface area contributed by atoms with Gasteiger partial charge in [0, 0.05) is 16.9 Å². The summed E-state index contributed by atoms with van der Waals surface area (Å²) in [6, 6.07) is 7.62. The van der Waals surface area contributed by atoms with Gasteiger partial charge in [-0.05, 0) is 40.2 Å². The lowest BCUT2D eigenvalue weighted by Gasteiger charge is -2.12. The fraction of sp³-hybridized carbons (Fsp3) is 0.167. The predicted octanol–water partition coefficient (Wildman–Crippen LogP) is 4.05. The average Bonchev–Trinajstić information content (AvgIpc) is 2.78. The van der Waals surface area contributed by atoms with Gasteiger partial charge in [-0.2, -0.15) is 0 Å². The van der Waals surface area contributed by atoms with Crippen LogP contribution in [0.1, 0.15) is 5.69 Å². The summed E-state index contributed by atoms with van der Waals surface area (Å²) in [6.45, 7) is 0.691. The summed E-state index contributed by atoms with van der Waals surface area (Å²) in [5.74, 6) is 0.751. The molecule has 0 aliphatic carbocycles. The van der Waals surface area contributed by atoms with Gasteiger partial charge in [0.15, 0.2) is 5.75 Å². The second-order valence-electron chi connectivity index (χ2n) is 3.52. The number of benzene rings is 1. The minimum absolute atomic E-state index is 0.659. The van der Waals surface area contributed by atoms with Gasteiger partial charge >= 0.3 is 0 Å². The van der Waals surface area contributed by atoms with Crippen molar-refractivity contribution in [1.82, 2.24) is 4.98 Å². The SMILES string of the molecule is COc1c(Br)cc(Cl)cc1NCc1ccc[nH]1. The van der Waals surface area contributed by atoms with Crippen molar-refractivity contribution in [3.05, 3.63) is 45.7 Å². The average molecular weight is 316 g/mol. The normalized spacial score (nSPS) is 10.3. The fourth-order valence-corrected chi connectivity index (χ4v) is 2.54. The molecule has 90 valence electrons. The largest absolute Gasteiger partial charge is 0.493 e. The van der Waals surface area contributed by atoms with E-state index in [-0.39, 0.29) is 0 Å². The minimum Gasteiger partial charge on any atom is -0.493 e. The van der Waals surface area contributed by atoms with Crippen LogP contribution in [0.2, 0.25) is 5.02 Å². The molecule has 0 radical (unpaired) electrons. The molecule has 0 aliphatic rings. The molecule has 3 nitrogen and oxygen atoms in total. The molecule has 0 saturated carbocycles. The van der Waals surface area contributed by atoms with Crippen LogP contribution in [0.25, 0.3) is 0 Å². The summed E-state index contributed by atoms with van der Waals surface area (Å²) < 4.78 is 6.16. The molecule has 0 aliphatic heterocycles. The van der Waals surface area contributed by atoms with Crippen LogP contribution in [-0.4, -0.2) is 12.1 Å². The molecular weight excluding hydrogens is 304 g/mol. The van der Waals surface area contributed by atoms with Crippen LogP contribution in [0, 0.1) is 0 Å². The Bertz CT molecular complexity index is 499. The van der Waals surface area contributed by atoms with E-state index < -0.39 is 0 Å². The highest BCUT2D eigenvalue weighted by molar-refractivity contribution is 9.10. The van der Waals surface area contributed by atoms with E-state index in [1.54, 1.807) is 13.2 Å². The van der Waals surface area contributed by atoms with Crippen LogP contribution < -0.4 is 10.1 Å². The van der Waals surface area contributed by atoms with E-state index in [4.69, 9.17) is 16.3 Å². The van der Waals surface area contributed by atoms with Crippen LogP contribution in [0.4, 0.5) is 5.69 Å². The monoisotopic (exact) mass is 314 g/mol. The Kier molecular flexibility index (Phi) is 3.97. The molecule has 2 rings (SSSR count). The maximum atomic E-state index is 6.01. The van der Waals surface area contributed by atoms with E-state index in [1.165, 1.54) is 0 Å². The highest BCUT2D eigenvalue weighted by Crippen LogP contribution is 2.36. The number of hydrogen-bond donors (Lipinski definition) is 2. The van der Waals surface area contributed by atoms with Crippen LogP contribution in [-0.2, 0) is 6.54 Å². The Morgan fingerprint density at radius 1 is 1.47 bits per heavy atom. The third-order valence-electron chi connectivity index (χ3n) is 2.34. The first-order chi connectivity index (χ1) is 8.20. The standard InChI is InChI=1S/C12H12BrClN2O/c1-17-12-10(13)5-8(14)6-11(12)16-7-9-3-2-4-15-9/h2-6,15-16H,7H2,1H3. The van der Waals surface area contributed by atoms with Crippen molar-refractivity contribution in [3.8, 4) is 5.75 Å². The summed E-state index contributed by atoms with van der Waals surface area (Å²) in [5, 5.41) is 3.94. The molecule has 2 N–H and O–H groups in total. The number of aromatic amines is 1. The Hall–Kier alpha value is -1.13. The zero-order chi connectivity index (χ0) is 12.3. The summed E-state index contributed by atoms with van der Waals surface area (Å²) >= 11 is 9.43. The molecule has 0 spiro atoms. The van der Waals surface area contributed by atoms with Crippen molar-refractivity contribution in [2.75, 3.05) is 12.4 Å². The quantitative estimate of drug-likeness (QED) is 0.893. The summed E-state index contributed by atoms with van der Waals surface area (Å²) in [4.78, 5) is 3.13. The van der Waals surface area contributed by atoms with E-state index in [9.17, 15) is 0 Å². The third-order valence-corrected chi connectivity index (χ3v) is 3.15. The van der Waals surface area contributed by atoms with Crippen LogP contribution in [0.15, 0.2) is 34.9 Å². The lowest BCUT2D eigenvalue weighted by atomic mass is 10.3. The molecule has 0 unspecified atom stereocenters. The van der Waals surface area contributed by atoms with Crippen molar-refractivity contribution >= 4 is 33.2 Å². The fourth-order valence-electron chi connectivity index (χ4n) is 1.57. The molecule has 1 heterocycles. The van der Waals surface area contributed by atoms with Gasteiger partial charge in [0.1, 0.15) is 0 Å². The molecule has 0 fully saturated rings. The smallest absolute Gasteiger partial charge is 0.156 e. The minimum atomic E-state index is 0.659. The van der Waals surface area contributed by atoms with Crippen molar-refractivity contribution < 1.29 is 4.74 Å². The number of aromatic nitrogens is 1. The van der Waals surface area contributed by atoms with Crippen LogP contribution in [0.5, 0.6) is 5.75 Å². The predicted molar refractivity (Wildman–Crippen MR) is 73.8 cm³/mol. The van der Waals surface area contributed by atoms with Crippen LogP contribution >= 0.6 is 27.5 Å². The van der Waals surface area contributed by atoms with Crippen molar-refractivity contribution in [1.29, 1.82) is 0 Å². The molecule has 0 saturated heterocycles. The first kappa shape index (κ1) is 12.3. The van der Waals surface area contributed by atoms with Gasteiger partial charge in [0.2, 0.25) is 0 Å². The molecule has 0 atom stereocenters. The summed E-state index contributed by atoms with van der Waals surface area (Å²) in [7, 11) is 1.63. The zero-order valence-corrected chi connectivity index (χ0v) is 11.6. The molecule has 1 aromatic carbocycles. The Morgan fingerprint density at radius 2 is 2.29 bits per heavy atom. The van der Waals surface area contributed by atoms with E-state index in [1.807, 2.05) is 24.4 Å². The van der Waals surface area contributed by atoms with Gasteiger partial charge in [-0.3, -0.25) is 0 Å². The van der Waals surface area contributed by atoms with Crippen molar-refractivity contribution in [3.63, 3.8) is 0 Å². The van der Waals surface area contributed by atoms with E-state index in [0.29, 0.717) is 11.6 Å². The number of ether oxygens (including phenoxy) is 1. The van der Waals surface area contributed by atoms with Gasteiger partial charge in [0.25, 0.3) is 0 Å². The van der Waals surface area contributed by atoms with Crippen molar-refractivity contribution in [2.24, 2.45) is 0 Å². The zero-order valence-electron chi connectivity index (χ0n) is 9.26. The molecule has 2 aromatic rings. The first-order valence-electron chi connectivity index (χ1n) is 5.10. The Labute approximate surface area is 113 Å². The third kappa shape index (κ3) is 2.96. The molecule has 17 heavy (non-hydrogen) atoms. The summed E-state index contributed by atoms with van der Waals surface area (Å²) in [5.41, 5.74) is 1.96. The van der Waals surface area contributed by atoms with E-state index >= 15 is 0 Å². The highest BCUT2D eigenvalue weighted by Gasteiger charge is 2.09. The molecule has 1 aromatic heterocycles. The Balaban J connectivity index is 2.19. The van der Waals surface area contributed by atoms with E-state index in [0.717, 1.165) is 21.6 Å². The Morgan fingerprint density at radius 3 is 2.94 bits per heavy atom. The van der Waals surface area contributed by atoms with E-state index in [2.05, 4.69) is 26.2 Å². The maximum Gasteiger partial charge on any atom is 0.156 e. The highest BCUT2D eigenvalue weighted by atomic mass is 79.9. The number of halogens is 2. The first-order valence-corrected chi connectivity index (χ1v) is 6.27. The molecule has 0 amide bonds. The van der Waals surface area contributed by atoms with Gasteiger partial charge in [-0.1, -0.05) is 11.6 Å².